The highest BCUT2D eigenvalue weighted by Gasteiger charge is 2.45. The van der Waals surface area contributed by atoms with E-state index in [1.165, 1.54) is 10.6 Å². The van der Waals surface area contributed by atoms with Crippen molar-refractivity contribution in [2.24, 2.45) is 11.8 Å². The van der Waals surface area contributed by atoms with Crippen LogP contribution in [-0.2, 0) is 26.0 Å². The monoisotopic (exact) mass is 783 g/mol. The molecule has 284 valence electrons. The first-order valence-electron chi connectivity index (χ1n) is 18.4. The molecule has 19 heteroatoms. The van der Waals surface area contributed by atoms with E-state index in [9.17, 15) is 26.9 Å². The van der Waals surface area contributed by atoms with E-state index in [1.54, 1.807) is 53.4 Å². The Labute approximate surface area is 319 Å². The van der Waals surface area contributed by atoms with Crippen LogP contribution in [0.1, 0.15) is 55.7 Å². The van der Waals surface area contributed by atoms with Gasteiger partial charge in [0.05, 0.1) is 24.2 Å². The molecule has 4 aromatic heterocycles. The Morgan fingerprint density at radius 1 is 0.891 bits per heavy atom. The van der Waals surface area contributed by atoms with E-state index in [2.05, 4.69) is 24.4 Å². The number of hydrogen-bond acceptors (Lipinski definition) is 10. The Kier molecular flexibility index (Phi) is 9.05. The predicted molar refractivity (Wildman–Crippen MR) is 210 cm³/mol. The van der Waals surface area contributed by atoms with Crippen molar-refractivity contribution in [3.05, 3.63) is 95.9 Å². The summed E-state index contributed by atoms with van der Waals surface area (Å²) in [4.78, 5) is 12.2. The third-order valence-electron chi connectivity index (χ3n) is 10.9. The average molecular weight is 784 g/mol. The SMILES string of the molecule is CCCNS(=O)(=O)N([C@H]1C[C@@H](C2=CB(O)Oc3cnc4[nH]ccc4c32)C1)n1ccc2c3c(cnc21)OB(O)C=C3[C@H]1C[C@@H](NS(=O)(=O)Cc2ccccc2)C1. The second-order valence-electron chi connectivity index (χ2n) is 14.6. The van der Waals surface area contributed by atoms with Gasteiger partial charge < -0.3 is 24.3 Å². The number of fused-ring (bicyclic) bond motifs is 6. The van der Waals surface area contributed by atoms with Crippen molar-refractivity contribution >= 4 is 67.7 Å². The number of aromatic amines is 1. The van der Waals surface area contributed by atoms with E-state index in [4.69, 9.17) is 9.31 Å². The van der Waals surface area contributed by atoms with Crippen LogP contribution >= 0.6 is 0 Å². The maximum Gasteiger partial charge on any atom is 0.552 e. The Morgan fingerprint density at radius 2 is 1.55 bits per heavy atom. The summed E-state index contributed by atoms with van der Waals surface area (Å²) in [6.45, 7) is 2.14. The lowest BCUT2D eigenvalue weighted by atomic mass is 9.68. The lowest BCUT2D eigenvalue weighted by Gasteiger charge is -2.44. The van der Waals surface area contributed by atoms with Crippen LogP contribution in [0.4, 0.5) is 0 Å². The molecule has 55 heavy (non-hydrogen) atoms. The largest absolute Gasteiger partial charge is 0.552 e. The number of benzene rings is 1. The summed E-state index contributed by atoms with van der Waals surface area (Å²) in [5.74, 6) is 3.88. The summed E-state index contributed by atoms with van der Waals surface area (Å²) in [5, 5.41) is 22.7. The number of nitrogens with zero attached hydrogens (tertiary/aromatic N) is 4. The highest BCUT2D eigenvalue weighted by molar-refractivity contribution is 7.90. The number of allylic oxidation sites excluding steroid dienone is 2. The molecule has 1 aromatic carbocycles. The number of aromatic nitrogens is 4. The number of pyridine rings is 2. The van der Waals surface area contributed by atoms with Gasteiger partial charge in [-0.1, -0.05) is 37.3 Å². The van der Waals surface area contributed by atoms with Crippen molar-refractivity contribution in [2.45, 2.75) is 56.9 Å². The molecule has 0 saturated heterocycles. The molecule has 0 bridgehead atoms. The highest BCUT2D eigenvalue weighted by atomic mass is 32.2. The van der Waals surface area contributed by atoms with Crippen LogP contribution < -0.4 is 23.2 Å². The van der Waals surface area contributed by atoms with Gasteiger partial charge in [0.1, 0.15) is 17.1 Å². The molecule has 5 N–H and O–H groups in total. The van der Waals surface area contributed by atoms with E-state index in [1.807, 2.05) is 31.2 Å². The summed E-state index contributed by atoms with van der Waals surface area (Å²) in [5.41, 5.74) is 4.99. The molecule has 4 aliphatic rings. The highest BCUT2D eigenvalue weighted by Crippen LogP contribution is 2.49. The van der Waals surface area contributed by atoms with Gasteiger partial charge in [-0.25, -0.2) is 27.8 Å². The third-order valence-corrected chi connectivity index (χ3v) is 13.9. The second kappa shape index (κ2) is 13.8. The van der Waals surface area contributed by atoms with Gasteiger partial charge in [0.2, 0.25) is 10.0 Å². The second-order valence-corrected chi connectivity index (χ2v) is 18.0. The van der Waals surface area contributed by atoms with E-state index < -0.39 is 40.5 Å². The van der Waals surface area contributed by atoms with Crippen LogP contribution in [0.5, 0.6) is 11.5 Å². The minimum Gasteiger partial charge on any atom is -0.531 e. The van der Waals surface area contributed by atoms with Gasteiger partial charge in [0.15, 0.2) is 5.65 Å². The summed E-state index contributed by atoms with van der Waals surface area (Å²) < 4.78 is 74.1. The van der Waals surface area contributed by atoms with Gasteiger partial charge in [-0.2, -0.15) is 17.6 Å². The fraction of sp³-hybridized carbons (Fsp3) is 0.333. The Morgan fingerprint density at radius 3 is 2.24 bits per heavy atom. The van der Waals surface area contributed by atoms with Gasteiger partial charge >= 0.3 is 24.4 Å². The number of nitrogens with one attached hydrogen (secondary N) is 3. The summed E-state index contributed by atoms with van der Waals surface area (Å²) >= 11 is 0. The lowest BCUT2D eigenvalue weighted by Crippen LogP contribution is -2.57. The molecular weight excluding hydrogens is 744 g/mol. The van der Waals surface area contributed by atoms with Crippen molar-refractivity contribution in [1.29, 1.82) is 0 Å². The Bertz CT molecular complexity index is 2570. The van der Waals surface area contributed by atoms with Crippen molar-refractivity contribution in [3.8, 4) is 11.5 Å². The zero-order valence-corrected chi connectivity index (χ0v) is 31.5. The molecule has 5 aromatic rings. The average Bonchev–Trinajstić information content (AvgIpc) is 3.77. The van der Waals surface area contributed by atoms with E-state index in [-0.39, 0.29) is 30.2 Å². The maximum absolute atomic E-state index is 14.1. The van der Waals surface area contributed by atoms with Crippen molar-refractivity contribution in [2.75, 3.05) is 11.0 Å². The molecular formula is C36H39B2N7O8S2. The standard InChI is InChI=1S/C36H39B2N7O8S2/c1-2-10-42-55(50,51)45(26-15-24(16-26)30-18-38(47)52-31-19-40-35-27(33(30)31)8-11-39-35)44-12-9-28-34-29(17-37(46)53-32(34)20-41-36(28)44)23-13-25(14-23)43-54(48,49)21-22-6-4-3-5-7-22/h3-9,11-12,17-20,23-26,42-43,46-47H,2,10,13-16,21H2,1H3,(H,39,40)/t23-,24-,25+,26+. The van der Waals surface area contributed by atoms with Crippen LogP contribution in [0.2, 0.25) is 0 Å². The van der Waals surface area contributed by atoms with E-state index >= 15 is 0 Å². The van der Waals surface area contributed by atoms with Gasteiger partial charge in [0, 0.05) is 46.9 Å². The number of rotatable bonds is 12. The molecule has 2 aliphatic carbocycles. The maximum atomic E-state index is 14.1. The minimum atomic E-state index is -4.06. The molecule has 0 atom stereocenters. The van der Waals surface area contributed by atoms with E-state index in [0.29, 0.717) is 71.4 Å². The van der Waals surface area contributed by atoms with Crippen LogP contribution in [0.15, 0.2) is 79.2 Å². The molecule has 15 nitrogen and oxygen atoms in total. The van der Waals surface area contributed by atoms with Gasteiger partial charge in [-0.05, 0) is 84.7 Å². The Hall–Kier alpha value is -4.65. The van der Waals surface area contributed by atoms with Crippen LogP contribution in [0, 0.1) is 11.8 Å². The topological polar surface area (TPSA) is 201 Å². The summed E-state index contributed by atoms with van der Waals surface area (Å²) in [6.07, 6.45) is 9.13. The number of sulfonamides is 1. The fourth-order valence-corrected chi connectivity index (χ4v) is 11.3. The molecule has 0 radical (unpaired) electrons. The zero-order chi connectivity index (χ0) is 38.1. The minimum absolute atomic E-state index is 0.0738. The van der Waals surface area contributed by atoms with E-state index in [0.717, 1.165) is 22.1 Å². The van der Waals surface area contributed by atoms with Gasteiger partial charge in [0.25, 0.3) is 0 Å². The van der Waals surface area contributed by atoms with Crippen molar-refractivity contribution in [1.82, 2.24) is 29.1 Å². The summed E-state index contributed by atoms with van der Waals surface area (Å²) in [7, 11) is -10.0. The van der Waals surface area contributed by atoms with Gasteiger partial charge in [-0.3, -0.25) is 0 Å². The lowest BCUT2D eigenvalue weighted by molar-refractivity contribution is 0.304. The van der Waals surface area contributed by atoms with Crippen LogP contribution in [0.25, 0.3) is 33.2 Å². The molecule has 2 fully saturated rings. The molecule has 9 rings (SSSR count). The first-order valence-corrected chi connectivity index (χ1v) is 21.5. The van der Waals surface area contributed by atoms with Crippen LogP contribution in [-0.4, -0.2) is 79.4 Å². The predicted octanol–water partition coefficient (Wildman–Crippen LogP) is 3.06. The number of H-pyrrole nitrogens is 1. The van der Waals surface area contributed by atoms with Crippen LogP contribution in [0.3, 0.4) is 0 Å². The quantitative estimate of drug-likeness (QED) is 0.117. The number of hydrogen-bond donors (Lipinski definition) is 5. The third kappa shape index (κ3) is 6.61. The molecule has 0 amide bonds. The molecule has 0 unspecified atom stereocenters. The smallest absolute Gasteiger partial charge is 0.531 e. The summed E-state index contributed by atoms with van der Waals surface area (Å²) in [6, 6.07) is 12.0. The molecule has 2 saturated carbocycles. The Balaban J connectivity index is 1.000. The first-order chi connectivity index (χ1) is 26.5. The normalized spacial score (nSPS) is 22.2. The zero-order valence-electron chi connectivity index (χ0n) is 29.9. The molecule has 6 heterocycles. The fourth-order valence-electron chi connectivity index (χ4n) is 8.32. The van der Waals surface area contributed by atoms with Crippen molar-refractivity contribution in [3.63, 3.8) is 0 Å². The molecule has 2 aliphatic heterocycles. The van der Waals surface area contributed by atoms with Crippen molar-refractivity contribution < 1.29 is 36.2 Å². The van der Waals surface area contributed by atoms with Gasteiger partial charge in [-0.15, -0.1) is 0 Å². The molecule has 0 spiro atoms. The first kappa shape index (κ1) is 36.0.